The fraction of sp³-hybridized carbons (Fsp3) is 0.375. The molecule has 1 aliphatic rings. The number of anilines is 2. The Balaban J connectivity index is 1.62. The lowest BCUT2D eigenvalue weighted by Gasteiger charge is -2.33. The van der Waals surface area contributed by atoms with Gasteiger partial charge in [0, 0.05) is 36.1 Å². The van der Waals surface area contributed by atoms with Crippen LogP contribution in [0.4, 0.5) is 11.4 Å². The second-order valence-electron chi connectivity index (χ2n) is 9.64. The molecule has 0 saturated heterocycles. The molecule has 0 atom stereocenters. The molecule has 1 aromatic carbocycles. The van der Waals surface area contributed by atoms with Gasteiger partial charge >= 0.3 is 0 Å². The first kappa shape index (κ1) is 22.5. The van der Waals surface area contributed by atoms with Gasteiger partial charge in [-0.15, -0.1) is 16.5 Å². The Morgan fingerprint density at radius 1 is 1.22 bits per heavy atom. The van der Waals surface area contributed by atoms with Gasteiger partial charge in [0.05, 0.1) is 16.1 Å². The summed E-state index contributed by atoms with van der Waals surface area (Å²) in [6.45, 7) is 11.1. The van der Waals surface area contributed by atoms with Crippen LogP contribution in [0.25, 0.3) is 10.1 Å². The predicted octanol–water partition coefficient (Wildman–Crippen LogP) is 6.07. The molecular weight excluding hydrogens is 436 g/mol. The number of pyridine rings is 1. The Kier molecular flexibility index (Phi) is 5.85. The zero-order valence-corrected chi connectivity index (χ0v) is 21.3. The number of aryl methyl sites for hydroxylation is 1. The van der Waals surface area contributed by atoms with E-state index in [1.807, 2.05) is 12.1 Å². The van der Waals surface area contributed by atoms with Gasteiger partial charge < -0.3 is 15.2 Å². The van der Waals surface area contributed by atoms with E-state index in [1.165, 1.54) is 16.9 Å². The van der Waals surface area contributed by atoms with Crippen LogP contribution >= 0.6 is 11.3 Å². The van der Waals surface area contributed by atoms with E-state index in [-0.39, 0.29) is 10.9 Å². The Morgan fingerprint density at radius 3 is 2.72 bits per heavy atom. The summed E-state index contributed by atoms with van der Waals surface area (Å²) < 4.78 is 7.09. The molecule has 3 aromatic rings. The summed E-state index contributed by atoms with van der Waals surface area (Å²) in [5, 5.41) is 11.9. The minimum atomic E-state index is -1.94. The standard InChI is InChI=1S/C24H30N4O2SSi/c1-24(2,3)32(5,6)30-28-19-10-7-15-13-16(8-9-17(15)19)27-21-18-11-12-26-14-20(18)31-22(21)23(29)25-4/h8-9,11-14,27H,7,10H2,1-6H3,(H,25,29). The summed E-state index contributed by atoms with van der Waals surface area (Å²) in [5.74, 6) is -0.105. The van der Waals surface area contributed by atoms with Gasteiger partial charge in [0.2, 0.25) is 0 Å². The predicted molar refractivity (Wildman–Crippen MR) is 136 cm³/mol. The lowest BCUT2D eigenvalue weighted by atomic mass is 10.1. The molecule has 0 bridgehead atoms. The number of benzene rings is 1. The molecule has 8 heteroatoms. The van der Waals surface area contributed by atoms with Crippen LogP contribution in [0.5, 0.6) is 0 Å². The van der Waals surface area contributed by atoms with Gasteiger partial charge in [0.15, 0.2) is 0 Å². The number of amides is 1. The maximum atomic E-state index is 12.5. The summed E-state index contributed by atoms with van der Waals surface area (Å²) in [7, 11) is -0.287. The van der Waals surface area contributed by atoms with Crippen LogP contribution in [0.2, 0.25) is 18.1 Å². The molecule has 1 aliphatic carbocycles. The third kappa shape index (κ3) is 4.16. The molecule has 0 aliphatic heterocycles. The number of carbonyl (C=O) groups excluding carboxylic acids is 1. The summed E-state index contributed by atoms with van der Waals surface area (Å²) >= 11 is 1.44. The molecular formula is C24H30N4O2SSi. The third-order valence-electron chi connectivity index (χ3n) is 6.43. The average Bonchev–Trinajstić information content (AvgIpc) is 3.32. The molecule has 2 N–H and O–H groups in total. The van der Waals surface area contributed by atoms with E-state index >= 15 is 0 Å². The van der Waals surface area contributed by atoms with E-state index in [1.54, 1.807) is 19.4 Å². The van der Waals surface area contributed by atoms with Crippen molar-refractivity contribution in [2.45, 2.75) is 51.7 Å². The van der Waals surface area contributed by atoms with Crippen molar-refractivity contribution in [2.75, 3.05) is 12.4 Å². The number of oxime groups is 1. The van der Waals surface area contributed by atoms with Gasteiger partial charge in [-0.05, 0) is 54.7 Å². The molecule has 2 aromatic heterocycles. The fourth-order valence-corrected chi connectivity index (χ4v) is 5.13. The van der Waals surface area contributed by atoms with Gasteiger partial charge in [-0.25, -0.2) is 0 Å². The van der Waals surface area contributed by atoms with Crippen LogP contribution in [0.1, 0.15) is 48.0 Å². The highest BCUT2D eigenvalue weighted by atomic mass is 32.1. The van der Waals surface area contributed by atoms with Gasteiger partial charge in [0.25, 0.3) is 14.2 Å². The fourth-order valence-electron chi connectivity index (χ4n) is 3.44. The SMILES string of the molecule is CNC(=O)c1sc2cnccc2c1Nc1ccc2c(c1)CCC2=NO[Si](C)(C)C(C)(C)C. The van der Waals surface area contributed by atoms with E-state index in [0.29, 0.717) is 4.88 Å². The number of hydrogen-bond donors (Lipinski definition) is 2. The molecule has 1 amide bonds. The minimum absolute atomic E-state index is 0.105. The van der Waals surface area contributed by atoms with Crippen molar-refractivity contribution < 1.29 is 9.32 Å². The Labute approximate surface area is 194 Å². The Hall–Kier alpha value is -2.71. The molecule has 0 fully saturated rings. The second-order valence-corrected chi connectivity index (χ2v) is 15.4. The first-order valence-corrected chi connectivity index (χ1v) is 14.6. The van der Waals surface area contributed by atoms with Gasteiger partial charge in [-0.2, -0.15) is 0 Å². The molecule has 0 unspecified atom stereocenters. The zero-order chi connectivity index (χ0) is 23.1. The molecule has 0 radical (unpaired) electrons. The highest BCUT2D eigenvalue weighted by Crippen LogP contribution is 2.39. The summed E-state index contributed by atoms with van der Waals surface area (Å²) in [5.41, 5.74) is 5.20. The maximum absolute atomic E-state index is 12.5. The number of carbonyl (C=O) groups is 1. The highest BCUT2D eigenvalue weighted by Gasteiger charge is 2.40. The quantitative estimate of drug-likeness (QED) is 0.353. The van der Waals surface area contributed by atoms with Crippen molar-refractivity contribution >= 4 is 52.7 Å². The Bertz CT molecular complexity index is 1210. The molecule has 4 rings (SSSR count). The van der Waals surface area contributed by atoms with Gasteiger partial charge in [0.1, 0.15) is 4.88 Å². The summed E-state index contributed by atoms with van der Waals surface area (Å²) in [4.78, 5) is 17.3. The number of fused-ring (bicyclic) bond motifs is 2. The highest BCUT2D eigenvalue weighted by molar-refractivity contribution is 7.21. The molecule has 6 nitrogen and oxygen atoms in total. The molecule has 2 heterocycles. The normalized spacial score (nSPS) is 15.1. The molecule has 32 heavy (non-hydrogen) atoms. The molecule has 0 saturated carbocycles. The van der Waals surface area contributed by atoms with Crippen molar-refractivity contribution in [1.29, 1.82) is 0 Å². The zero-order valence-electron chi connectivity index (χ0n) is 19.5. The summed E-state index contributed by atoms with van der Waals surface area (Å²) in [6, 6.07) is 8.25. The smallest absolute Gasteiger partial charge is 0.286 e. The van der Waals surface area contributed by atoms with Crippen LogP contribution < -0.4 is 10.6 Å². The van der Waals surface area contributed by atoms with E-state index < -0.39 is 8.32 Å². The number of hydrogen-bond acceptors (Lipinski definition) is 6. The van der Waals surface area contributed by atoms with E-state index in [0.717, 1.165) is 45.6 Å². The van der Waals surface area contributed by atoms with Crippen molar-refractivity contribution in [3.63, 3.8) is 0 Å². The number of rotatable bonds is 5. The first-order valence-electron chi connectivity index (χ1n) is 10.8. The minimum Gasteiger partial charge on any atom is -0.455 e. The van der Waals surface area contributed by atoms with Crippen molar-refractivity contribution in [3.8, 4) is 0 Å². The largest absolute Gasteiger partial charge is 0.455 e. The van der Waals surface area contributed by atoms with E-state index in [9.17, 15) is 4.79 Å². The van der Waals surface area contributed by atoms with E-state index in [2.05, 4.69) is 66.8 Å². The molecule has 0 spiro atoms. The number of nitrogens with zero attached hydrogens (tertiary/aromatic N) is 2. The maximum Gasteiger partial charge on any atom is 0.286 e. The number of thiophene rings is 1. The van der Waals surface area contributed by atoms with Crippen molar-refractivity contribution in [2.24, 2.45) is 5.16 Å². The van der Waals surface area contributed by atoms with Crippen LogP contribution in [-0.4, -0.2) is 32.0 Å². The third-order valence-corrected chi connectivity index (χ3v) is 11.7. The number of nitrogens with one attached hydrogen (secondary N) is 2. The van der Waals surface area contributed by atoms with Crippen molar-refractivity contribution in [3.05, 3.63) is 52.7 Å². The Morgan fingerprint density at radius 2 is 2.00 bits per heavy atom. The lowest BCUT2D eigenvalue weighted by Crippen LogP contribution is -2.39. The average molecular weight is 467 g/mol. The second kappa shape index (κ2) is 8.33. The monoisotopic (exact) mass is 466 g/mol. The molecule has 168 valence electrons. The topological polar surface area (TPSA) is 75.6 Å². The van der Waals surface area contributed by atoms with Gasteiger partial charge in [-0.1, -0.05) is 26.8 Å². The van der Waals surface area contributed by atoms with Crippen molar-refractivity contribution in [1.82, 2.24) is 10.3 Å². The number of aromatic nitrogens is 1. The lowest BCUT2D eigenvalue weighted by molar-refractivity contribution is 0.0968. The van der Waals surface area contributed by atoms with Crippen LogP contribution in [0.15, 0.2) is 41.8 Å². The first-order chi connectivity index (χ1) is 15.1. The summed E-state index contributed by atoms with van der Waals surface area (Å²) in [6.07, 6.45) is 5.36. The van der Waals surface area contributed by atoms with Crippen LogP contribution in [-0.2, 0) is 10.9 Å². The van der Waals surface area contributed by atoms with E-state index in [4.69, 9.17) is 4.53 Å². The van der Waals surface area contributed by atoms with Crippen LogP contribution in [0.3, 0.4) is 0 Å². The van der Waals surface area contributed by atoms with Gasteiger partial charge in [-0.3, -0.25) is 9.78 Å². The van der Waals surface area contributed by atoms with Crippen LogP contribution in [0, 0.1) is 0 Å².